The number of nitrogens with one attached hydrogen (secondary N) is 1. The highest BCUT2D eigenvalue weighted by Gasteiger charge is 2.46. The van der Waals surface area contributed by atoms with E-state index in [1.54, 1.807) is 4.90 Å². The van der Waals surface area contributed by atoms with Crippen molar-refractivity contribution in [1.82, 2.24) is 10.2 Å². The zero-order valence-electron chi connectivity index (χ0n) is 11.8. The number of nitrogens with zero attached hydrogens (tertiary/aromatic N) is 1. The second-order valence-corrected chi connectivity index (χ2v) is 7.08. The Labute approximate surface area is 127 Å². The second kappa shape index (κ2) is 5.87. The molecule has 2 heterocycles. The highest BCUT2D eigenvalue weighted by Crippen LogP contribution is 2.38. The van der Waals surface area contributed by atoms with E-state index in [4.69, 9.17) is 0 Å². The number of carbonyl (C=O) groups excluding carboxylic acids is 2. The quantitative estimate of drug-likeness (QED) is 0.806. The minimum Gasteiger partial charge on any atom is -0.480 e. The zero-order chi connectivity index (χ0) is 15.0. The van der Waals surface area contributed by atoms with Crippen molar-refractivity contribution in [2.45, 2.75) is 56.7 Å². The van der Waals surface area contributed by atoms with E-state index < -0.39 is 18.1 Å². The molecule has 2 amide bonds. The largest absolute Gasteiger partial charge is 0.480 e. The van der Waals surface area contributed by atoms with Gasteiger partial charge in [-0.05, 0) is 31.6 Å². The third-order valence-electron chi connectivity index (χ3n) is 4.88. The number of amides is 2. The van der Waals surface area contributed by atoms with Gasteiger partial charge in [0.05, 0.1) is 0 Å². The standard InChI is InChI=1S/C14H20N2O4S/c17-12(9-7-21-14(20)15-9)16-10-4-2-1-3-8(10)5-6-11(16)13(18)19/h8-11H,1-7H2,(H,15,20)(H,18,19). The Morgan fingerprint density at radius 2 is 1.95 bits per heavy atom. The molecule has 0 aromatic rings. The van der Waals surface area contributed by atoms with Crippen LogP contribution < -0.4 is 5.32 Å². The molecule has 116 valence electrons. The van der Waals surface area contributed by atoms with Gasteiger partial charge in [-0.2, -0.15) is 0 Å². The highest BCUT2D eigenvalue weighted by molar-refractivity contribution is 8.14. The molecule has 3 fully saturated rings. The van der Waals surface area contributed by atoms with E-state index in [0.29, 0.717) is 18.1 Å². The lowest BCUT2D eigenvalue weighted by atomic mass is 9.76. The summed E-state index contributed by atoms with van der Waals surface area (Å²) in [5.41, 5.74) is 0. The van der Waals surface area contributed by atoms with Crippen molar-refractivity contribution in [3.05, 3.63) is 0 Å². The van der Waals surface area contributed by atoms with Gasteiger partial charge in [0.2, 0.25) is 5.91 Å². The summed E-state index contributed by atoms with van der Waals surface area (Å²) in [7, 11) is 0. The van der Waals surface area contributed by atoms with Crippen LogP contribution in [0.15, 0.2) is 0 Å². The molecule has 2 aliphatic heterocycles. The second-order valence-electron chi connectivity index (χ2n) is 6.08. The minimum absolute atomic E-state index is 0.0311. The van der Waals surface area contributed by atoms with Gasteiger partial charge in [0.25, 0.3) is 5.24 Å². The van der Waals surface area contributed by atoms with E-state index in [9.17, 15) is 19.5 Å². The molecule has 3 rings (SSSR count). The SMILES string of the molecule is O=C1NC(C(=O)N2C(C(=O)O)CCC3CCCCC32)CS1. The van der Waals surface area contributed by atoms with Crippen LogP contribution in [0.5, 0.6) is 0 Å². The first-order chi connectivity index (χ1) is 10.1. The molecule has 21 heavy (non-hydrogen) atoms. The Balaban J connectivity index is 1.83. The van der Waals surface area contributed by atoms with Crippen LogP contribution in [0.3, 0.4) is 0 Å². The van der Waals surface area contributed by atoms with Crippen molar-refractivity contribution >= 4 is 28.9 Å². The molecule has 1 aliphatic carbocycles. The van der Waals surface area contributed by atoms with Crippen LogP contribution in [0.25, 0.3) is 0 Å². The first kappa shape index (κ1) is 14.7. The molecule has 6 nitrogen and oxygen atoms in total. The van der Waals surface area contributed by atoms with Gasteiger partial charge in [-0.3, -0.25) is 9.59 Å². The summed E-state index contributed by atoms with van der Waals surface area (Å²) in [4.78, 5) is 37.2. The summed E-state index contributed by atoms with van der Waals surface area (Å²) in [5.74, 6) is -0.317. The first-order valence-electron chi connectivity index (χ1n) is 7.56. The number of likely N-dealkylation sites (tertiary alicyclic amines) is 1. The molecule has 0 spiro atoms. The molecular formula is C14H20N2O4S. The van der Waals surface area contributed by atoms with Gasteiger partial charge in [0, 0.05) is 11.8 Å². The fraction of sp³-hybridized carbons (Fsp3) is 0.786. The van der Waals surface area contributed by atoms with E-state index >= 15 is 0 Å². The van der Waals surface area contributed by atoms with Crippen molar-refractivity contribution < 1.29 is 19.5 Å². The third-order valence-corrected chi connectivity index (χ3v) is 5.76. The van der Waals surface area contributed by atoms with E-state index in [0.717, 1.165) is 43.9 Å². The number of rotatable bonds is 2. The number of thioether (sulfide) groups is 1. The maximum Gasteiger partial charge on any atom is 0.326 e. The highest BCUT2D eigenvalue weighted by atomic mass is 32.2. The Morgan fingerprint density at radius 1 is 1.19 bits per heavy atom. The molecule has 0 bridgehead atoms. The summed E-state index contributed by atoms with van der Waals surface area (Å²) in [5, 5.41) is 11.9. The monoisotopic (exact) mass is 312 g/mol. The summed E-state index contributed by atoms with van der Waals surface area (Å²) in [6.45, 7) is 0. The lowest BCUT2D eigenvalue weighted by Crippen LogP contribution is -2.61. The lowest BCUT2D eigenvalue weighted by molar-refractivity contribution is -0.158. The van der Waals surface area contributed by atoms with Crippen molar-refractivity contribution in [2.75, 3.05) is 5.75 Å². The molecule has 4 unspecified atom stereocenters. The average molecular weight is 312 g/mol. The lowest BCUT2D eigenvalue weighted by Gasteiger charge is -2.47. The number of fused-ring (bicyclic) bond motifs is 1. The van der Waals surface area contributed by atoms with Gasteiger partial charge in [0.15, 0.2) is 0 Å². The maximum atomic E-state index is 12.8. The smallest absolute Gasteiger partial charge is 0.326 e. The van der Waals surface area contributed by atoms with Gasteiger partial charge >= 0.3 is 5.97 Å². The number of hydrogen-bond donors (Lipinski definition) is 2. The molecule has 2 N–H and O–H groups in total. The van der Waals surface area contributed by atoms with Crippen LogP contribution >= 0.6 is 11.8 Å². The average Bonchev–Trinajstić information content (AvgIpc) is 2.91. The Bertz CT molecular complexity index is 470. The summed E-state index contributed by atoms with van der Waals surface area (Å²) in [6.07, 6.45) is 5.58. The van der Waals surface area contributed by atoms with Gasteiger partial charge in [-0.25, -0.2) is 4.79 Å². The molecular weight excluding hydrogens is 292 g/mol. The van der Waals surface area contributed by atoms with E-state index in [-0.39, 0.29) is 17.2 Å². The molecule has 3 aliphatic rings. The van der Waals surface area contributed by atoms with Crippen LogP contribution in [0.4, 0.5) is 4.79 Å². The van der Waals surface area contributed by atoms with Gasteiger partial charge < -0.3 is 15.3 Å². The molecule has 1 saturated carbocycles. The molecule has 4 atom stereocenters. The van der Waals surface area contributed by atoms with Crippen LogP contribution in [-0.2, 0) is 9.59 Å². The molecule has 0 radical (unpaired) electrons. The van der Waals surface area contributed by atoms with Gasteiger partial charge in [0.1, 0.15) is 12.1 Å². The minimum atomic E-state index is -0.927. The van der Waals surface area contributed by atoms with Gasteiger partial charge in [-0.15, -0.1) is 0 Å². The predicted molar refractivity (Wildman–Crippen MR) is 78.0 cm³/mol. The molecule has 0 aromatic heterocycles. The molecule has 2 saturated heterocycles. The van der Waals surface area contributed by atoms with Crippen molar-refractivity contribution in [2.24, 2.45) is 5.92 Å². The van der Waals surface area contributed by atoms with E-state index in [1.807, 2.05) is 0 Å². The van der Waals surface area contributed by atoms with Crippen LogP contribution in [-0.4, -0.2) is 51.0 Å². The predicted octanol–water partition coefficient (Wildman–Crippen LogP) is 1.45. The number of carbonyl (C=O) groups is 3. The maximum absolute atomic E-state index is 12.8. The van der Waals surface area contributed by atoms with E-state index in [2.05, 4.69) is 5.32 Å². The fourth-order valence-electron chi connectivity index (χ4n) is 3.89. The zero-order valence-corrected chi connectivity index (χ0v) is 12.6. The molecule has 7 heteroatoms. The topological polar surface area (TPSA) is 86.7 Å². The first-order valence-corrected chi connectivity index (χ1v) is 8.54. The number of piperidine rings is 1. The Morgan fingerprint density at radius 3 is 2.62 bits per heavy atom. The summed E-state index contributed by atoms with van der Waals surface area (Å²) < 4.78 is 0. The van der Waals surface area contributed by atoms with Crippen LogP contribution in [0.1, 0.15) is 38.5 Å². The number of carboxylic acids is 1. The number of carboxylic acid groups (broad SMARTS) is 1. The van der Waals surface area contributed by atoms with Crippen molar-refractivity contribution in [1.29, 1.82) is 0 Å². The summed E-state index contributed by atoms with van der Waals surface area (Å²) >= 11 is 1.09. The van der Waals surface area contributed by atoms with Crippen molar-refractivity contribution in [3.8, 4) is 0 Å². The summed E-state index contributed by atoms with van der Waals surface area (Å²) in [6, 6.07) is -1.27. The third kappa shape index (κ3) is 2.75. The van der Waals surface area contributed by atoms with Crippen molar-refractivity contribution in [3.63, 3.8) is 0 Å². The molecule has 0 aromatic carbocycles. The van der Waals surface area contributed by atoms with E-state index in [1.165, 1.54) is 0 Å². The van der Waals surface area contributed by atoms with Gasteiger partial charge in [-0.1, -0.05) is 24.6 Å². The number of aliphatic carboxylic acids is 1. The van der Waals surface area contributed by atoms with Crippen LogP contribution in [0.2, 0.25) is 0 Å². The number of hydrogen-bond acceptors (Lipinski definition) is 4. The normalized spacial score (nSPS) is 36.0. The Hall–Kier alpha value is -1.24. The fourth-order valence-corrected chi connectivity index (χ4v) is 4.66. The van der Waals surface area contributed by atoms with Crippen LogP contribution in [0, 0.1) is 5.92 Å². The Kier molecular flexibility index (Phi) is 4.10.